The van der Waals surface area contributed by atoms with E-state index in [-0.39, 0.29) is 13.2 Å². The monoisotopic (exact) mass is 660 g/mol. The number of unbranched alkanes of at least 4 members (excludes halogenated alkanes) is 6. The smallest absolute Gasteiger partial charge is 0.307 e. The lowest BCUT2D eigenvalue weighted by atomic mass is 10.00. The quantitative estimate of drug-likeness (QED) is 0.0683. The predicted octanol–water partition coefficient (Wildman–Crippen LogP) is 8.03. The van der Waals surface area contributed by atoms with Crippen LogP contribution in [0.2, 0.25) is 0 Å². The lowest BCUT2D eigenvalue weighted by molar-refractivity contribution is 0.148. The fraction of sp³-hybridized carbons (Fsp3) is 0.333. The SMILES string of the molecule is CCCCCCOP(=O)(OCCCCCC)OB1n2c3c4ccccc4c2/N=C2N=C(/N=c4/c5ccccc5c(n41)=N3)c1ccccc1\2. The number of rotatable bonds is 14. The van der Waals surface area contributed by atoms with E-state index in [1.807, 2.05) is 81.8 Å². The van der Waals surface area contributed by atoms with E-state index >= 15 is 0 Å². The van der Waals surface area contributed by atoms with Gasteiger partial charge in [-0.25, -0.2) is 24.5 Å². The number of aliphatic imine (C=N–C) groups is 2. The second-order valence-corrected chi connectivity index (χ2v) is 14.1. The van der Waals surface area contributed by atoms with Crippen LogP contribution in [0.1, 0.15) is 76.3 Å². The van der Waals surface area contributed by atoms with E-state index in [0.717, 1.165) is 84.0 Å². The minimum Gasteiger partial charge on any atom is -0.307 e. The second kappa shape index (κ2) is 13.0. The van der Waals surface area contributed by atoms with E-state index in [1.54, 1.807) is 0 Å². The normalized spacial score (nSPS) is 16.3. The van der Waals surface area contributed by atoms with Crippen molar-refractivity contribution in [2.45, 2.75) is 65.2 Å². The molecular weight excluding hydrogens is 622 g/mol. The maximum Gasteiger partial charge on any atom is 0.571 e. The number of phosphoric acid groups is 1. The maximum atomic E-state index is 14.8. The molecule has 3 aromatic carbocycles. The van der Waals surface area contributed by atoms with Crippen molar-refractivity contribution in [3.63, 3.8) is 0 Å². The minimum atomic E-state index is -4.11. The molecule has 0 radical (unpaired) electrons. The summed E-state index contributed by atoms with van der Waals surface area (Å²) in [4.78, 5) is 20.6. The number of benzene rings is 3. The van der Waals surface area contributed by atoms with E-state index in [0.29, 0.717) is 34.3 Å². The van der Waals surface area contributed by atoms with Crippen LogP contribution in [-0.4, -0.2) is 41.0 Å². The summed E-state index contributed by atoms with van der Waals surface area (Å²) in [5.74, 6) is 2.34. The van der Waals surface area contributed by atoms with Crippen LogP contribution in [0, 0.1) is 0 Å². The van der Waals surface area contributed by atoms with Crippen molar-refractivity contribution in [2.24, 2.45) is 20.0 Å². The van der Waals surface area contributed by atoms with Gasteiger partial charge in [0, 0.05) is 32.7 Å². The van der Waals surface area contributed by atoms with Gasteiger partial charge in [-0.1, -0.05) is 125 Å². The summed E-state index contributed by atoms with van der Waals surface area (Å²) >= 11 is 0. The van der Waals surface area contributed by atoms with Gasteiger partial charge in [0.2, 0.25) is 0 Å². The molecule has 4 bridgehead atoms. The molecule has 0 saturated heterocycles. The minimum absolute atomic E-state index is 0.267. The van der Waals surface area contributed by atoms with E-state index in [9.17, 15) is 4.57 Å². The number of nitrogens with zero attached hydrogens (tertiary/aromatic N) is 6. The molecule has 0 atom stereocenters. The molecule has 48 heavy (non-hydrogen) atoms. The summed E-state index contributed by atoms with van der Waals surface area (Å²) in [6.45, 7) is 4.86. The van der Waals surface area contributed by atoms with Crippen molar-refractivity contribution in [3.8, 4) is 0 Å². The van der Waals surface area contributed by atoms with Gasteiger partial charge in [-0.3, -0.25) is 9.05 Å². The van der Waals surface area contributed by atoms with Crippen LogP contribution < -0.4 is 11.0 Å². The summed E-state index contributed by atoms with van der Waals surface area (Å²) in [7, 11) is -5.14. The Hall–Kier alpha value is -4.15. The molecule has 5 heterocycles. The van der Waals surface area contributed by atoms with Gasteiger partial charge in [0.15, 0.2) is 11.7 Å². The molecular formula is C36H38BN6O4P. The van der Waals surface area contributed by atoms with Gasteiger partial charge in [0.05, 0.1) is 13.2 Å². The molecule has 10 nitrogen and oxygen atoms in total. The molecule has 2 aromatic heterocycles. The molecule has 12 heteroatoms. The Balaban J connectivity index is 1.36. The fourth-order valence-corrected chi connectivity index (χ4v) is 8.06. The highest BCUT2D eigenvalue weighted by atomic mass is 31.2. The largest absolute Gasteiger partial charge is 0.571 e. The third-order valence-corrected chi connectivity index (χ3v) is 10.6. The first-order valence-electron chi connectivity index (χ1n) is 17.1. The Kier molecular flexibility index (Phi) is 8.47. The van der Waals surface area contributed by atoms with Crippen LogP contribution in [0.5, 0.6) is 0 Å². The van der Waals surface area contributed by atoms with Gasteiger partial charge in [-0.15, -0.1) is 0 Å². The number of hydrogen-bond donors (Lipinski definition) is 0. The Bertz CT molecular complexity index is 2260. The Morgan fingerprint density at radius 3 is 1.67 bits per heavy atom. The molecule has 3 aliphatic heterocycles. The van der Waals surface area contributed by atoms with Gasteiger partial charge in [0.25, 0.3) is 0 Å². The topological polar surface area (TPSA) is 104 Å². The standard InChI is InChI=1S/C36H38BN6O4P/c1-3-5-7-15-23-45-48(44,46-24-16-8-6-4-2)47-37-42-33-27-19-11-13-21-29(27)35(42)41-36-30-22-14-12-20-28(30)34(43(36)37)40-32-26-18-10-9-17-25(26)31(38-32)39-33/h9-14,17-22H,3-8,15-16,23-24H2,1-2H3/b39-31-,39-33?,40-32?,40-34-. The molecule has 0 N–H and O–H groups in total. The van der Waals surface area contributed by atoms with Crippen LogP contribution >= 0.6 is 7.82 Å². The van der Waals surface area contributed by atoms with Crippen molar-refractivity contribution in [2.75, 3.05) is 13.2 Å². The predicted molar refractivity (Wildman–Crippen MR) is 190 cm³/mol. The summed E-state index contributed by atoms with van der Waals surface area (Å²) in [5.41, 5.74) is 3.03. The van der Waals surface area contributed by atoms with E-state index < -0.39 is 15.0 Å². The first-order valence-corrected chi connectivity index (χ1v) is 18.6. The Morgan fingerprint density at radius 1 is 0.583 bits per heavy atom. The summed E-state index contributed by atoms with van der Waals surface area (Å²) in [5, 5.41) is 3.55. The van der Waals surface area contributed by atoms with Crippen LogP contribution in [0.3, 0.4) is 0 Å². The van der Waals surface area contributed by atoms with Gasteiger partial charge in [-0.2, -0.15) is 0 Å². The second-order valence-electron chi connectivity index (χ2n) is 12.4. The first kappa shape index (κ1) is 31.1. The zero-order valence-corrected chi connectivity index (χ0v) is 28.2. The van der Waals surface area contributed by atoms with Crippen LogP contribution in [0.15, 0.2) is 92.8 Å². The number of hydrogen-bond acceptors (Lipinski definition) is 8. The van der Waals surface area contributed by atoms with Crippen molar-refractivity contribution in [3.05, 3.63) is 94.9 Å². The van der Waals surface area contributed by atoms with Crippen molar-refractivity contribution in [1.82, 2.24) is 8.96 Å². The molecule has 0 fully saturated rings. The van der Waals surface area contributed by atoms with E-state index in [4.69, 9.17) is 33.5 Å². The Morgan fingerprint density at radius 2 is 1.08 bits per heavy atom. The average Bonchev–Trinajstić information content (AvgIpc) is 3.73. The molecule has 0 unspecified atom stereocenters. The number of aromatic nitrogens is 2. The van der Waals surface area contributed by atoms with Crippen LogP contribution in [0.4, 0.5) is 11.6 Å². The molecule has 8 rings (SSSR count). The van der Waals surface area contributed by atoms with Gasteiger partial charge in [-0.05, 0) is 12.8 Å². The highest BCUT2D eigenvalue weighted by Crippen LogP contribution is 2.52. The number of amidine groups is 2. The summed E-state index contributed by atoms with van der Waals surface area (Å²) in [6, 6.07) is 24.0. The van der Waals surface area contributed by atoms with Gasteiger partial charge >= 0.3 is 15.0 Å². The Labute approximate surface area is 279 Å². The van der Waals surface area contributed by atoms with E-state index in [2.05, 4.69) is 13.8 Å². The van der Waals surface area contributed by atoms with Crippen molar-refractivity contribution < 1.29 is 18.1 Å². The lowest BCUT2D eigenvalue weighted by Gasteiger charge is -2.26. The van der Waals surface area contributed by atoms with Crippen LogP contribution in [0.25, 0.3) is 21.5 Å². The first-order chi connectivity index (χ1) is 23.6. The highest BCUT2D eigenvalue weighted by molar-refractivity contribution is 7.49. The van der Waals surface area contributed by atoms with Gasteiger partial charge in [0.1, 0.15) is 22.6 Å². The third-order valence-electron chi connectivity index (χ3n) is 9.15. The molecule has 0 spiro atoms. The average molecular weight is 661 g/mol. The number of phosphoric ester groups is 1. The summed E-state index contributed by atoms with van der Waals surface area (Å²) < 4.78 is 37.6. The molecule has 0 amide bonds. The van der Waals surface area contributed by atoms with Gasteiger partial charge < -0.3 is 13.4 Å². The zero-order chi connectivity index (χ0) is 32.7. The molecule has 244 valence electrons. The maximum absolute atomic E-state index is 14.8. The van der Waals surface area contributed by atoms with Crippen LogP contribution in [-0.2, 0) is 18.1 Å². The lowest BCUT2D eigenvalue weighted by Crippen LogP contribution is -2.50. The molecule has 3 aliphatic rings. The van der Waals surface area contributed by atoms with Crippen molar-refractivity contribution >= 4 is 59.9 Å². The fourth-order valence-electron chi connectivity index (χ4n) is 6.74. The summed E-state index contributed by atoms with van der Waals surface area (Å²) in [6.07, 6.45) is 7.81. The molecule has 0 saturated carbocycles. The number of fused-ring (bicyclic) bond motifs is 10. The highest BCUT2D eigenvalue weighted by Gasteiger charge is 2.44. The molecule has 0 aliphatic carbocycles. The van der Waals surface area contributed by atoms with E-state index in [1.165, 1.54) is 0 Å². The molecule has 5 aromatic rings. The van der Waals surface area contributed by atoms with Crippen molar-refractivity contribution in [1.29, 1.82) is 0 Å². The third kappa shape index (κ3) is 5.39. The zero-order valence-electron chi connectivity index (χ0n) is 27.3.